The second kappa shape index (κ2) is 5.82. The molecule has 0 amide bonds. The normalized spacial score (nSPS) is 23.1. The molecule has 0 aromatic heterocycles. The number of hydrogen-bond acceptors (Lipinski definition) is 2. The predicted molar refractivity (Wildman–Crippen MR) is 73.2 cm³/mol. The van der Waals surface area contributed by atoms with Crippen LogP contribution in [0.5, 0.6) is 0 Å². The summed E-state index contributed by atoms with van der Waals surface area (Å²) in [4.78, 5) is 1.85. The highest BCUT2D eigenvalue weighted by Gasteiger charge is 2.34. The van der Waals surface area contributed by atoms with Crippen molar-refractivity contribution in [3.8, 4) is 0 Å². The minimum Gasteiger partial charge on any atom is -0.376 e. The lowest BCUT2D eigenvalue weighted by molar-refractivity contribution is -0.138. The molecule has 0 spiro atoms. The molecule has 1 aliphatic heterocycles. The van der Waals surface area contributed by atoms with Gasteiger partial charge in [0.15, 0.2) is 0 Å². The van der Waals surface area contributed by atoms with Gasteiger partial charge in [-0.3, -0.25) is 0 Å². The number of alkyl halides is 4. The molecule has 1 aromatic rings. The van der Waals surface area contributed by atoms with Crippen LogP contribution < -0.4 is 4.90 Å². The first-order valence-electron chi connectivity index (χ1n) is 6.45. The van der Waals surface area contributed by atoms with Gasteiger partial charge in [0, 0.05) is 25.2 Å². The van der Waals surface area contributed by atoms with Gasteiger partial charge in [-0.2, -0.15) is 13.2 Å². The highest BCUT2D eigenvalue weighted by atomic mass is 35.5. The summed E-state index contributed by atoms with van der Waals surface area (Å²) in [5.74, 6) is -0.151. The fourth-order valence-electron chi connectivity index (χ4n) is 2.58. The van der Waals surface area contributed by atoms with Crippen LogP contribution in [0.2, 0.25) is 0 Å². The molecular formula is C14H17ClF3NO. The molecule has 1 aliphatic rings. The van der Waals surface area contributed by atoms with E-state index in [1.165, 1.54) is 12.1 Å². The molecule has 112 valence electrons. The summed E-state index contributed by atoms with van der Waals surface area (Å²) in [6.07, 6.45) is -3.56. The van der Waals surface area contributed by atoms with Crippen molar-refractivity contribution in [2.24, 2.45) is 0 Å². The predicted octanol–water partition coefficient (Wildman–Crippen LogP) is 4.06. The quantitative estimate of drug-likeness (QED) is 0.781. The fourth-order valence-corrected chi connectivity index (χ4v) is 2.82. The van der Waals surface area contributed by atoms with Crippen molar-refractivity contribution in [3.05, 3.63) is 29.3 Å². The van der Waals surface area contributed by atoms with E-state index >= 15 is 0 Å². The van der Waals surface area contributed by atoms with Gasteiger partial charge in [0.2, 0.25) is 0 Å². The molecule has 2 rings (SSSR count). The average molecular weight is 308 g/mol. The van der Waals surface area contributed by atoms with E-state index in [9.17, 15) is 13.2 Å². The molecule has 2 atom stereocenters. The number of nitrogens with zero attached hydrogens (tertiary/aromatic N) is 1. The number of rotatable bonds is 3. The van der Waals surface area contributed by atoms with E-state index in [-0.39, 0.29) is 23.6 Å². The summed E-state index contributed by atoms with van der Waals surface area (Å²) < 4.78 is 44.6. The summed E-state index contributed by atoms with van der Waals surface area (Å²) in [7, 11) is 1.80. The van der Waals surface area contributed by atoms with Crippen molar-refractivity contribution in [2.75, 3.05) is 18.6 Å². The first kappa shape index (κ1) is 15.4. The Morgan fingerprint density at radius 1 is 1.40 bits per heavy atom. The number of benzene rings is 1. The standard InChI is InChI=1S/C14H17ClF3NO/c1-9-13(5-6-20-9)19(2)11-4-3-10(8-15)12(7-11)14(16,17)18/h3-4,7,9,13H,5-6,8H2,1-2H3. The van der Waals surface area contributed by atoms with Crippen LogP contribution in [0.15, 0.2) is 18.2 Å². The van der Waals surface area contributed by atoms with Crippen molar-refractivity contribution < 1.29 is 17.9 Å². The van der Waals surface area contributed by atoms with Gasteiger partial charge >= 0.3 is 6.18 Å². The van der Waals surface area contributed by atoms with Gasteiger partial charge in [0.1, 0.15) is 0 Å². The lowest BCUT2D eigenvalue weighted by Crippen LogP contribution is -2.36. The van der Waals surface area contributed by atoms with Crippen LogP contribution in [-0.4, -0.2) is 25.8 Å². The SMILES string of the molecule is CC1OCCC1N(C)c1ccc(CCl)c(C(F)(F)F)c1. The Labute approximate surface area is 121 Å². The van der Waals surface area contributed by atoms with E-state index in [1.54, 1.807) is 13.1 Å². The van der Waals surface area contributed by atoms with Gasteiger partial charge in [0.05, 0.1) is 17.7 Å². The number of likely N-dealkylation sites (N-methyl/N-ethyl adjacent to an activating group) is 1. The Morgan fingerprint density at radius 3 is 2.60 bits per heavy atom. The molecule has 0 radical (unpaired) electrons. The number of halogens is 4. The van der Waals surface area contributed by atoms with Crippen molar-refractivity contribution in [2.45, 2.75) is 37.5 Å². The van der Waals surface area contributed by atoms with Crippen LogP contribution in [-0.2, 0) is 16.8 Å². The fraction of sp³-hybridized carbons (Fsp3) is 0.571. The van der Waals surface area contributed by atoms with Gasteiger partial charge in [-0.05, 0) is 31.0 Å². The molecule has 6 heteroatoms. The van der Waals surface area contributed by atoms with Crippen LogP contribution in [0.1, 0.15) is 24.5 Å². The molecule has 1 heterocycles. The van der Waals surface area contributed by atoms with E-state index in [4.69, 9.17) is 16.3 Å². The Kier molecular flexibility index (Phi) is 4.49. The topological polar surface area (TPSA) is 12.5 Å². The second-order valence-corrected chi connectivity index (χ2v) is 5.28. The smallest absolute Gasteiger partial charge is 0.376 e. The van der Waals surface area contributed by atoms with Gasteiger partial charge < -0.3 is 9.64 Å². The van der Waals surface area contributed by atoms with Crippen LogP contribution >= 0.6 is 11.6 Å². The summed E-state index contributed by atoms with van der Waals surface area (Å²) >= 11 is 5.59. The zero-order chi connectivity index (χ0) is 14.9. The molecule has 2 nitrogen and oxygen atoms in total. The van der Waals surface area contributed by atoms with E-state index in [2.05, 4.69) is 0 Å². The molecular weight excluding hydrogens is 291 g/mol. The third kappa shape index (κ3) is 3.04. The van der Waals surface area contributed by atoms with E-state index in [0.717, 1.165) is 6.42 Å². The molecule has 0 saturated carbocycles. The van der Waals surface area contributed by atoms with E-state index in [0.29, 0.717) is 12.3 Å². The average Bonchev–Trinajstić information content (AvgIpc) is 2.82. The van der Waals surface area contributed by atoms with E-state index < -0.39 is 11.7 Å². The van der Waals surface area contributed by atoms with Gasteiger partial charge in [-0.15, -0.1) is 11.6 Å². The lowest BCUT2D eigenvalue weighted by atomic mass is 10.0. The van der Waals surface area contributed by atoms with Crippen molar-refractivity contribution in [1.29, 1.82) is 0 Å². The van der Waals surface area contributed by atoms with Gasteiger partial charge in [-0.25, -0.2) is 0 Å². The van der Waals surface area contributed by atoms with Gasteiger partial charge in [-0.1, -0.05) is 6.07 Å². The lowest BCUT2D eigenvalue weighted by Gasteiger charge is -2.29. The number of hydrogen-bond donors (Lipinski definition) is 0. The largest absolute Gasteiger partial charge is 0.416 e. The minimum atomic E-state index is -4.39. The minimum absolute atomic E-state index is 0.0158. The van der Waals surface area contributed by atoms with Crippen molar-refractivity contribution in [1.82, 2.24) is 0 Å². The highest BCUT2D eigenvalue weighted by Crippen LogP contribution is 2.36. The second-order valence-electron chi connectivity index (χ2n) is 5.02. The first-order valence-corrected chi connectivity index (χ1v) is 6.98. The summed E-state index contributed by atoms with van der Waals surface area (Å²) in [6, 6.07) is 4.39. The van der Waals surface area contributed by atoms with Crippen LogP contribution in [0.4, 0.5) is 18.9 Å². The maximum Gasteiger partial charge on any atom is 0.416 e. The number of anilines is 1. The van der Waals surface area contributed by atoms with Crippen LogP contribution in [0, 0.1) is 0 Å². The molecule has 0 bridgehead atoms. The maximum atomic E-state index is 13.0. The zero-order valence-corrected chi connectivity index (χ0v) is 12.1. The Hall–Kier alpha value is -0.940. The Bertz CT molecular complexity index is 478. The molecule has 1 aromatic carbocycles. The molecule has 1 fully saturated rings. The molecule has 1 saturated heterocycles. The molecule has 0 N–H and O–H groups in total. The van der Waals surface area contributed by atoms with Crippen LogP contribution in [0.25, 0.3) is 0 Å². The van der Waals surface area contributed by atoms with Crippen LogP contribution in [0.3, 0.4) is 0 Å². The zero-order valence-electron chi connectivity index (χ0n) is 11.4. The molecule has 0 aliphatic carbocycles. The Balaban J connectivity index is 2.33. The summed E-state index contributed by atoms with van der Waals surface area (Å²) in [5, 5.41) is 0. The maximum absolute atomic E-state index is 13.0. The van der Waals surface area contributed by atoms with Crippen molar-refractivity contribution in [3.63, 3.8) is 0 Å². The van der Waals surface area contributed by atoms with Crippen molar-refractivity contribution >= 4 is 17.3 Å². The third-order valence-corrected chi connectivity index (χ3v) is 4.07. The molecule has 20 heavy (non-hydrogen) atoms. The summed E-state index contributed by atoms with van der Waals surface area (Å²) in [6.45, 7) is 2.58. The summed E-state index contributed by atoms with van der Waals surface area (Å²) in [5.41, 5.74) is -0.0241. The van der Waals surface area contributed by atoms with E-state index in [1.807, 2.05) is 11.8 Å². The first-order chi connectivity index (χ1) is 9.34. The monoisotopic (exact) mass is 307 g/mol. The Morgan fingerprint density at radius 2 is 2.10 bits per heavy atom. The highest BCUT2D eigenvalue weighted by molar-refractivity contribution is 6.17. The number of ether oxygens (including phenoxy) is 1. The molecule has 2 unspecified atom stereocenters. The van der Waals surface area contributed by atoms with Gasteiger partial charge in [0.25, 0.3) is 0 Å². The third-order valence-electron chi connectivity index (χ3n) is 3.78.